The molecule has 1 saturated heterocycles. The lowest BCUT2D eigenvalue weighted by molar-refractivity contribution is 0.0877. The first-order chi connectivity index (χ1) is 9.76. The Balaban J connectivity index is 1.63. The van der Waals surface area contributed by atoms with E-state index in [-0.39, 0.29) is 5.54 Å². The van der Waals surface area contributed by atoms with Crippen LogP contribution in [0.1, 0.15) is 71.1 Å². The molecule has 0 aromatic heterocycles. The zero-order chi connectivity index (χ0) is 14.0. The van der Waals surface area contributed by atoms with Crippen LogP contribution < -0.4 is 5.32 Å². The van der Waals surface area contributed by atoms with Gasteiger partial charge in [0.05, 0.1) is 6.07 Å². The molecule has 0 aromatic rings. The average molecular weight is 275 g/mol. The van der Waals surface area contributed by atoms with Crippen molar-refractivity contribution in [1.29, 1.82) is 5.26 Å². The third-order valence-electron chi connectivity index (χ3n) is 5.52. The molecule has 3 rings (SSSR count). The number of nitrogens with one attached hydrogen (secondary N) is 1. The van der Waals surface area contributed by atoms with Crippen molar-refractivity contribution in [3.8, 4) is 6.07 Å². The molecule has 2 saturated carbocycles. The molecule has 112 valence electrons. The highest BCUT2D eigenvalue weighted by Crippen LogP contribution is 2.38. The number of nitriles is 1. The molecule has 0 amide bonds. The molecule has 0 aromatic carbocycles. The first-order valence-electron chi connectivity index (χ1n) is 8.71. The van der Waals surface area contributed by atoms with Gasteiger partial charge in [0.1, 0.15) is 5.54 Å². The molecule has 0 bridgehead atoms. The summed E-state index contributed by atoms with van der Waals surface area (Å²) in [5.41, 5.74) is -0.208. The predicted octanol–water partition coefficient (Wildman–Crippen LogP) is 3.21. The Morgan fingerprint density at radius 2 is 2.10 bits per heavy atom. The fourth-order valence-corrected chi connectivity index (χ4v) is 4.33. The summed E-state index contributed by atoms with van der Waals surface area (Å²) in [6.07, 6.45) is 12.6. The first-order valence-corrected chi connectivity index (χ1v) is 8.71. The Bertz CT molecular complexity index is 369. The van der Waals surface area contributed by atoms with Crippen molar-refractivity contribution in [1.82, 2.24) is 10.2 Å². The summed E-state index contributed by atoms with van der Waals surface area (Å²) in [7, 11) is 0. The Hall–Kier alpha value is -0.590. The highest BCUT2D eigenvalue weighted by Gasteiger charge is 2.45. The van der Waals surface area contributed by atoms with Crippen molar-refractivity contribution >= 4 is 0 Å². The van der Waals surface area contributed by atoms with Gasteiger partial charge in [0.2, 0.25) is 0 Å². The van der Waals surface area contributed by atoms with Gasteiger partial charge in [0.15, 0.2) is 0 Å². The van der Waals surface area contributed by atoms with E-state index >= 15 is 0 Å². The van der Waals surface area contributed by atoms with Gasteiger partial charge in [0, 0.05) is 18.1 Å². The molecule has 3 aliphatic rings. The zero-order valence-electron chi connectivity index (χ0n) is 12.9. The van der Waals surface area contributed by atoms with Crippen LogP contribution in [0.2, 0.25) is 0 Å². The number of hydrogen-bond acceptors (Lipinski definition) is 3. The number of hydrogen-bond donors (Lipinski definition) is 1. The van der Waals surface area contributed by atoms with Crippen LogP contribution in [0.15, 0.2) is 0 Å². The van der Waals surface area contributed by atoms with Gasteiger partial charge >= 0.3 is 0 Å². The van der Waals surface area contributed by atoms with E-state index in [4.69, 9.17) is 0 Å². The van der Waals surface area contributed by atoms with E-state index < -0.39 is 0 Å². The van der Waals surface area contributed by atoms with Crippen LogP contribution in [0, 0.1) is 11.3 Å². The molecular formula is C17H29N3. The van der Waals surface area contributed by atoms with Crippen LogP contribution in [0.3, 0.4) is 0 Å². The minimum Gasteiger partial charge on any atom is -0.297 e. The quantitative estimate of drug-likeness (QED) is 0.837. The lowest BCUT2D eigenvalue weighted by Gasteiger charge is -2.40. The summed E-state index contributed by atoms with van der Waals surface area (Å²) < 4.78 is 0. The summed E-state index contributed by atoms with van der Waals surface area (Å²) in [5.74, 6) is 0. The fraction of sp³-hybridized carbons (Fsp3) is 0.941. The van der Waals surface area contributed by atoms with Gasteiger partial charge in [-0.25, -0.2) is 0 Å². The molecular weight excluding hydrogens is 246 g/mol. The average Bonchev–Trinajstić information content (AvgIpc) is 3.18. The molecule has 3 unspecified atom stereocenters. The molecule has 3 atom stereocenters. The fourth-order valence-electron chi connectivity index (χ4n) is 4.33. The van der Waals surface area contributed by atoms with Gasteiger partial charge in [-0.15, -0.1) is 0 Å². The minimum atomic E-state index is -0.208. The highest BCUT2D eigenvalue weighted by molar-refractivity contribution is 5.15. The van der Waals surface area contributed by atoms with Crippen molar-refractivity contribution in [2.45, 2.75) is 94.8 Å². The topological polar surface area (TPSA) is 39.1 Å². The molecule has 3 fully saturated rings. The summed E-state index contributed by atoms with van der Waals surface area (Å²) in [6, 6.07) is 4.70. The maximum absolute atomic E-state index is 9.65. The molecule has 20 heavy (non-hydrogen) atoms. The molecule has 0 radical (unpaired) electrons. The molecule has 2 aliphatic carbocycles. The second-order valence-corrected chi connectivity index (χ2v) is 7.19. The Morgan fingerprint density at radius 3 is 2.80 bits per heavy atom. The van der Waals surface area contributed by atoms with Gasteiger partial charge in [0.25, 0.3) is 0 Å². The lowest BCUT2D eigenvalue weighted by Crippen LogP contribution is -2.48. The minimum absolute atomic E-state index is 0.208. The first kappa shape index (κ1) is 14.4. The van der Waals surface area contributed by atoms with Crippen molar-refractivity contribution in [3.63, 3.8) is 0 Å². The smallest absolute Gasteiger partial charge is 0.108 e. The second-order valence-electron chi connectivity index (χ2n) is 7.19. The van der Waals surface area contributed by atoms with E-state index in [1.807, 2.05) is 0 Å². The zero-order valence-corrected chi connectivity index (χ0v) is 12.9. The van der Waals surface area contributed by atoms with Gasteiger partial charge in [-0.1, -0.05) is 19.8 Å². The summed E-state index contributed by atoms with van der Waals surface area (Å²) >= 11 is 0. The van der Waals surface area contributed by atoms with Crippen molar-refractivity contribution in [3.05, 3.63) is 0 Å². The van der Waals surface area contributed by atoms with Crippen LogP contribution in [0.5, 0.6) is 0 Å². The number of likely N-dealkylation sites (tertiary alicyclic amines) is 1. The van der Waals surface area contributed by atoms with Gasteiger partial charge in [-0.05, 0) is 57.9 Å². The maximum atomic E-state index is 9.65. The second kappa shape index (κ2) is 6.03. The van der Waals surface area contributed by atoms with E-state index in [0.717, 1.165) is 18.9 Å². The number of piperidine rings is 1. The highest BCUT2D eigenvalue weighted by atomic mass is 15.2. The summed E-state index contributed by atoms with van der Waals surface area (Å²) in [6.45, 7) is 3.57. The van der Waals surface area contributed by atoms with E-state index in [9.17, 15) is 5.26 Å². The SMILES string of the molecule is CCCC1CCCCN1C1CCC(C#N)(NC2CC2)C1. The molecule has 1 heterocycles. The standard InChI is InChI=1S/C17H29N3/c1-2-5-15-6-3-4-11-20(15)16-9-10-17(12-16,13-18)19-14-7-8-14/h14-16,19H,2-12H2,1H3. The maximum Gasteiger partial charge on any atom is 0.108 e. The van der Waals surface area contributed by atoms with Gasteiger partial charge < -0.3 is 0 Å². The molecule has 3 nitrogen and oxygen atoms in total. The monoisotopic (exact) mass is 275 g/mol. The number of rotatable bonds is 5. The predicted molar refractivity (Wildman–Crippen MR) is 81.4 cm³/mol. The van der Waals surface area contributed by atoms with E-state index in [0.29, 0.717) is 12.1 Å². The summed E-state index contributed by atoms with van der Waals surface area (Å²) in [4.78, 5) is 2.76. The van der Waals surface area contributed by atoms with Gasteiger partial charge in [-0.2, -0.15) is 5.26 Å². The summed E-state index contributed by atoms with van der Waals surface area (Å²) in [5, 5.41) is 13.3. The van der Waals surface area contributed by atoms with Crippen molar-refractivity contribution in [2.24, 2.45) is 0 Å². The largest absolute Gasteiger partial charge is 0.297 e. The third kappa shape index (κ3) is 3.02. The molecule has 3 heteroatoms. The molecule has 1 aliphatic heterocycles. The normalized spacial score (nSPS) is 38.8. The Labute approximate surface area is 123 Å². The van der Waals surface area contributed by atoms with Crippen LogP contribution in [0.4, 0.5) is 0 Å². The lowest BCUT2D eigenvalue weighted by atomic mass is 9.94. The Morgan fingerprint density at radius 1 is 1.25 bits per heavy atom. The van der Waals surface area contributed by atoms with E-state index in [2.05, 4.69) is 23.2 Å². The Kier molecular flexibility index (Phi) is 4.33. The van der Waals surface area contributed by atoms with Crippen LogP contribution >= 0.6 is 0 Å². The third-order valence-corrected chi connectivity index (χ3v) is 5.52. The molecule has 0 spiro atoms. The van der Waals surface area contributed by atoms with Crippen LogP contribution in [-0.4, -0.2) is 35.1 Å². The van der Waals surface area contributed by atoms with E-state index in [1.54, 1.807) is 0 Å². The van der Waals surface area contributed by atoms with Crippen molar-refractivity contribution in [2.75, 3.05) is 6.54 Å². The van der Waals surface area contributed by atoms with Crippen molar-refractivity contribution < 1.29 is 0 Å². The number of nitrogens with zero attached hydrogens (tertiary/aromatic N) is 2. The van der Waals surface area contributed by atoms with Gasteiger partial charge in [-0.3, -0.25) is 10.2 Å². The van der Waals surface area contributed by atoms with E-state index in [1.165, 1.54) is 57.9 Å². The van der Waals surface area contributed by atoms with Crippen LogP contribution in [-0.2, 0) is 0 Å². The van der Waals surface area contributed by atoms with Crippen LogP contribution in [0.25, 0.3) is 0 Å². The molecule has 1 N–H and O–H groups in total.